The van der Waals surface area contributed by atoms with Crippen LogP contribution in [0.25, 0.3) is 11.3 Å². The zero-order valence-electron chi connectivity index (χ0n) is 11.4. The van der Waals surface area contributed by atoms with E-state index >= 15 is 0 Å². The van der Waals surface area contributed by atoms with E-state index in [0.717, 1.165) is 23.4 Å². The highest BCUT2D eigenvalue weighted by Crippen LogP contribution is 2.33. The number of benzene rings is 1. The average Bonchev–Trinajstić information content (AvgIpc) is 2.67. The molecule has 0 radical (unpaired) electrons. The van der Waals surface area contributed by atoms with Gasteiger partial charge < -0.3 is 10.5 Å². The first-order chi connectivity index (χ1) is 9.08. The first-order valence-electron chi connectivity index (χ1n) is 6.15. The minimum atomic E-state index is -0.304. The van der Waals surface area contributed by atoms with Crippen molar-refractivity contribution in [2.45, 2.75) is 13.3 Å². The Morgan fingerprint density at radius 3 is 2.79 bits per heavy atom. The molecule has 2 rings (SSSR count). The average molecular weight is 263 g/mol. The lowest BCUT2D eigenvalue weighted by atomic mass is 10.0. The number of rotatable bonds is 4. The van der Waals surface area contributed by atoms with Gasteiger partial charge in [0.25, 0.3) is 0 Å². The maximum atomic E-state index is 13.4. The molecule has 0 saturated heterocycles. The van der Waals surface area contributed by atoms with E-state index in [9.17, 15) is 4.39 Å². The monoisotopic (exact) mass is 263 g/mol. The van der Waals surface area contributed by atoms with Gasteiger partial charge >= 0.3 is 0 Å². The van der Waals surface area contributed by atoms with Gasteiger partial charge in [-0.2, -0.15) is 5.10 Å². The topological polar surface area (TPSA) is 53.1 Å². The van der Waals surface area contributed by atoms with Crippen molar-refractivity contribution in [1.82, 2.24) is 9.78 Å². The molecule has 0 amide bonds. The maximum Gasteiger partial charge on any atom is 0.128 e. The van der Waals surface area contributed by atoms with Crippen LogP contribution >= 0.6 is 0 Å². The number of methoxy groups -OCH3 is 1. The van der Waals surface area contributed by atoms with Crippen molar-refractivity contribution < 1.29 is 9.13 Å². The molecule has 2 N–H and O–H groups in total. The number of ether oxygens (including phenoxy) is 1. The Kier molecular flexibility index (Phi) is 3.85. The van der Waals surface area contributed by atoms with E-state index < -0.39 is 0 Å². The molecule has 0 atom stereocenters. The molecule has 0 aliphatic rings. The van der Waals surface area contributed by atoms with Gasteiger partial charge in [-0.15, -0.1) is 0 Å². The summed E-state index contributed by atoms with van der Waals surface area (Å²) in [7, 11) is 3.43. The van der Waals surface area contributed by atoms with E-state index in [1.54, 1.807) is 17.9 Å². The number of hydrogen-bond acceptors (Lipinski definition) is 3. The van der Waals surface area contributed by atoms with Gasteiger partial charge in [0, 0.05) is 24.7 Å². The van der Waals surface area contributed by atoms with Crippen LogP contribution < -0.4 is 10.5 Å². The van der Waals surface area contributed by atoms with Gasteiger partial charge in [-0.1, -0.05) is 0 Å². The van der Waals surface area contributed by atoms with Gasteiger partial charge in [-0.25, -0.2) is 4.39 Å². The largest absolute Gasteiger partial charge is 0.496 e. The molecule has 1 aromatic carbocycles. The number of aryl methyl sites for hydroxylation is 1. The highest BCUT2D eigenvalue weighted by Gasteiger charge is 2.17. The molecule has 4 nitrogen and oxygen atoms in total. The fourth-order valence-corrected chi connectivity index (χ4v) is 2.27. The lowest BCUT2D eigenvalue weighted by Crippen LogP contribution is -2.08. The third kappa shape index (κ3) is 2.46. The van der Waals surface area contributed by atoms with E-state index in [0.29, 0.717) is 17.9 Å². The molecule has 0 saturated carbocycles. The summed E-state index contributed by atoms with van der Waals surface area (Å²) < 4.78 is 20.5. The van der Waals surface area contributed by atoms with Crippen molar-refractivity contribution in [2.75, 3.05) is 13.7 Å². The van der Waals surface area contributed by atoms with Crippen LogP contribution in [0.15, 0.2) is 18.2 Å². The molecule has 1 heterocycles. The van der Waals surface area contributed by atoms with Crippen LogP contribution in [-0.2, 0) is 13.5 Å². The van der Waals surface area contributed by atoms with Crippen LogP contribution in [0.2, 0.25) is 0 Å². The number of nitrogens with two attached hydrogens (primary N) is 1. The fourth-order valence-electron chi connectivity index (χ4n) is 2.27. The van der Waals surface area contributed by atoms with E-state index in [-0.39, 0.29) is 5.82 Å². The fraction of sp³-hybridized carbons (Fsp3) is 0.357. The molecule has 2 aromatic rings. The first-order valence-corrected chi connectivity index (χ1v) is 6.15. The molecule has 0 aliphatic heterocycles. The molecule has 0 spiro atoms. The van der Waals surface area contributed by atoms with Crippen LogP contribution in [0.1, 0.15) is 11.3 Å². The molecule has 0 aliphatic carbocycles. The smallest absolute Gasteiger partial charge is 0.128 e. The zero-order chi connectivity index (χ0) is 14.0. The standard InChI is InChI=1S/C14H18FN3O/c1-9-12(6-7-16)18(2)17-14(9)11-8-10(15)4-5-13(11)19-3/h4-5,8H,6-7,16H2,1-3H3. The minimum Gasteiger partial charge on any atom is -0.496 e. The van der Waals surface area contributed by atoms with Crippen molar-refractivity contribution in [2.24, 2.45) is 12.8 Å². The Morgan fingerprint density at radius 1 is 1.42 bits per heavy atom. The Bertz CT molecular complexity index is 593. The second-order valence-corrected chi connectivity index (χ2v) is 4.43. The summed E-state index contributed by atoms with van der Waals surface area (Å²) in [5, 5.41) is 4.46. The van der Waals surface area contributed by atoms with Crippen LogP contribution in [0, 0.1) is 12.7 Å². The highest BCUT2D eigenvalue weighted by atomic mass is 19.1. The molecule has 5 heteroatoms. The summed E-state index contributed by atoms with van der Waals surface area (Å²) in [4.78, 5) is 0. The van der Waals surface area contributed by atoms with E-state index in [2.05, 4.69) is 5.10 Å². The summed E-state index contributed by atoms with van der Waals surface area (Å²) in [6.07, 6.45) is 0.743. The zero-order valence-corrected chi connectivity index (χ0v) is 11.4. The molecule has 102 valence electrons. The predicted molar refractivity (Wildman–Crippen MR) is 72.6 cm³/mol. The molecule has 0 fully saturated rings. The van der Waals surface area contributed by atoms with Crippen molar-refractivity contribution in [3.63, 3.8) is 0 Å². The molecule has 0 bridgehead atoms. The van der Waals surface area contributed by atoms with Crippen LogP contribution in [0.4, 0.5) is 4.39 Å². The van der Waals surface area contributed by atoms with Gasteiger partial charge in [0.05, 0.1) is 12.8 Å². The SMILES string of the molecule is COc1ccc(F)cc1-c1nn(C)c(CCN)c1C. The summed E-state index contributed by atoms with van der Waals surface area (Å²) in [5.41, 5.74) is 9.07. The quantitative estimate of drug-likeness (QED) is 0.918. The Labute approximate surface area is 112 Å². The van der Waals surface area contributed by atoms with Crippen molar-refractivity contribution in [3.8, 4) is 17.0 Å². The Balaban J connectivity index is 2.59. The van der Waals surface area contributed by atoms with Gasteiger partial charge in [0.2, 0.25) is 0 Å². The molecular weight excluding hydrogens is 245 g/mol. The Morgan fingerprint density at radius 2 is 2.16 bits per heavy atom. The summed E-state index contributed by atoms with van der Waals surface area (Å²) >= 11 is 0. The lowest BCUT2D eigenvalue weighted by Gasteiger charge is -2.07. The van der Waals surface area contributed by atoms with Gasteiger partial charge in [0.1, 0.15) is 11.6 Å². The Hall–Kier alpha value is -1.88. The van der Waals surface area contributed by atoms with Crippen LogP contribution in [0.3, 0.4) is 0 Å². The lowest BCUT2D eigenvalue weighted by molar-refractivity contribution is 0.415. The molecule has 19 heavy (non-hydrogen) atoms. The first kappa shape index (κ1) is 13.5. The van der Waals surface area contributed by atoms with E-state index in [1.165, 1.54) is 12.1 Å². The van der Waals surface area contributed by atoms with Crippen molar-refractivity contribution in [1.29, 1.82) is 0 Å². The van der Waals surface area contributed by atoms with E-state index in [4.69, 9.17) is 10.5 Å². The molecule has 1 aromatic heterocycles. The second-order valence-electron chi connectivity index (χ2n) is 4.43. The van der Waals surface area contributed by atoms with Gasteiger partial charge in [-0.05, 0) is 37.2 Å². The van der Waals surface area contributed by atoms with Gasteiger partial charge in [0.15, 0.2) is 0 Å². The van der Waals surface area contributed by atoms with Crippen molar-refractivity contribution >= 4 is 0 Å². The number of aromatic nitrogens is 2. The van der Waals surface area contributed by atoms with E-state index in [1.807, 2.05) is 14.0 Å². The van der Waals surface area contributed by atoms with Crippen LogP contribution in [-0.4, -0.2) is 23.4 Å². The minimum absolute atomic E-state index is 0.304. The summed E-state index contributed by atoms with van der Waals surface area (Å²) in [6.45, 7) is 2.53. The highest BCUT2D eigenvalue weighted by molar-refractivity contribution is 5.70. The summed E-state index contributed by atoms with van der Waals surface area (Å²) in [5.74, 6) is 0.308. The predicted octanol–water partition coefficient (Wildman–Crippen LogP) is 2.04. The maximum absolute atomic E-state index is 13.4. The second kappa shape index (κ2) is 5.40. The van der Waals surface area contributed by atoms with Gasteiger partial charge in [-0.3, -0.25) is 4.68 Å². The molecular formula is C14H18FN3O. The third-order valence-corrected chi connectivity index (χ3v) is 3.23. The normalized spacial score (nSPS) is 10.8. The third-order valence-electron chi connectivity index (χ3n) is 3.23. The summed E-state index contributed by atoms with van der Waals surface area (Å²) in [6, 6.07) is 4.43. The number of nitrogens with zero attached hydrogens (tertiary/aromatic N) is 2. The number of hydrogen-bond donors (Lipinski definition) is 1. The molecule has 0 unspecified atom stereocenters. The van der Waals surface area contributed by atoms with Crippen molar-refractivity contribution in [3.05, 3.63) is 35.3 Å². The van der Waals surface area contributed by atoms with Crippen LogP contribution in [0.5, 0.6) is 5.75 Å². The number of halogens is 1.